The fourth-order valence-corrected chi connectivity index (χ4v) is 7.04. The number of rotatable bonds is 4. The van der Waals surface area contributed by atoms with Crippen molar-refractivity contribution in [1.82, 2.24) is 14.9 Å². The lowest BCUT2D eigenvalue weighted by atomic mass is 9.85. The molecule has 0 bridgehead atoms. The molecule has 1 saturated heterocycles. The Balaban J connectivity index is 0.00000324. The van der Waals surface area contributed by atoms with E-state index in [-0.39, 0.29) is 17.4 Å². The minimum Gasteiger partial charge on any atom is -0.368 e. The molecular weight excluding hydrogens is 498 g/mol. The van der Waals surface area contributed by atoms with Crippen LogP contribution >= 0.6 is 24.0 Å². The number of nitrogens with zero attached hydrogens (tertiary/aromatic N) is 2. The summed E-state index contributed by atoms with van der Waals surface area (Å²) in [7, 11) is -3.58. The number of piperidine rings is 1. The van der Waals surface area contributed by atoms with Crippen LogP contribution in [0.2, 0.25) is 5.02 Å². The summed E-state index contributed by atoms with van der Waals surface area (Å²) < 4.78 is 42.0. The van der Waals surface area contributed by atoms with Gasteiger partial charge in [-0.05, 0) is 62.4 Å². The maximum absolute atomic E-state index is 13.5. The Kier molecular flexibility index (Phi) is 8.30. The van der Waals surface area contributed by atoms with Gasteiger partial charge in [0.25, 0.3) is 0 Å². The van der Waals surface area contributed by atoms with Crippen LogP contribution in [0, 0.1) is 26.6 Å². The molecule has 4 rings (SSSR count). The van der Waals surface area contributed by atoms with Crippen molar-refractivity contribution < 1.29 is 12.8 Å². The highest BCUT2D eigenvalue weighted by molar-refractivity contribution is 7.89. The van der Waals surface area contributed by atoms with Crippen molar-refractivity contribution in [3.05, 3.63) is 63.4 Å². The van der Waals surface area contributed by atoms with Gasteiger partial charge in [-0.25, -0.2) is 12.8 Å². The monoisotopic (exact) mass is 528 g/mol. The molecular formula is C24H31Cl2FN4O2S. The minimum atomic E-state index is -3.58. The molecule has 2 aromatic rings. The van der Waals surface area contributed by atoms with Gasteiger partial charge in [-0.1, -0.05) is 35.4 Å². The SMILES string of the molecule is Cc1cc(C)c(S(=O)(=O)N2CCC3(CC2)NCCN=C3NCc2ccc(F)c(Cl)c2)c(C)c1.Cl. The Bertz CT molecular complexity index is 1170. The summed E-state index contributed by atoms with van der Waals surface area (Å²) in [5.74, 6) is 0.384. The average Bonchev–Trinajstić information content (AvgIpc) is 2.75. The van der Waals surface area contributed by atoms with E-state index < -0.39 is 21.4 Å². The van der Waals surface area contributed by atoms with Gasteiger partial charge in [0.1, 0.15) is 11.7 Å². The lowest BCUT2D eigenvalue weighted by Gasteiger charge is -2.44. The van der Waals surface area contributed by atoms with Gasteiger partial charge in [0.15, 0.2) is 0 Å². The summed E-state index contributed by atoms with van der Waals surface area (Å²) in [5.41, 5.74) is 3.08. The number of nitrogens with one attached hydrogen (secondary N) is 2. The van der Waals surface area contributed by atoms with E-state index in [0.717, 1.165) is 34.6 Å². The number of sulfonamides is 1. The van der Waals surface area contributed by atoms with E-state index in [4.69, 9.17) is 16.6 Å². The van der Waals surface area contributed by atoms with Crippen LogP contribution in [0.1, 0.15) is 35.1 Å². The Morgan fingerprint density at radius 2 is 1.79 bits per heavy atom. The van der Waals surface area contributed by atoms with Gasteiger partial charge in [-0.2, -0.15) is 4.31 Å². The topological polar surface area (TPSA) is 73.8 Å². The zero-order valence-corrected chi connectivity index (χ0v) is 22.0. The third kappa shape index (κ3) is 5.26. The molecule has 0 unspecified atom stereocenters. The van der Waals surface area contributed by atoms with Crippen molar-refractivity contribution in [3.8, 4) is 0 Å². The van der Waals surface area contributed by atoms with Gasteiger partial charge in [0.05, 0.1) is 22.0 Å². The molecule has 2 aliphatic rings. The minimum absolute atomic E-state index is 0. The van der Waals surface area contributed by atoms with Gasteiger partial charge in [-0.15, -0.1) is 12.4 Å². The standard InChI is InChI=1S/C24H30ClFN4O2S.ClH/c1-16-12-17(2)22(18(3)13-16)33(31,32)30-10-6-24(7-11-30)23(27-8-9-29-24)28-15-19-4-5-21(26)20(25)14-19;/h4-5,12-14,29H,6-11,15H2,1-3H3,(H,27,28);1H. The Morgan fingerprint density at radius 3 is 2.41 bits per heavy atom. The van der Waals surface area contributed by atoms with E-state index in [1.807, 2.05) is 32.9 Å². The molecule has 2 aromatic carbocycles. The van der Waals surface area contributed by atoms with Crippen LogP contribution in [-0.2, 0) is 16.6 Å². The summed E-state index contributed by atoms with van der Waals surface area (Å²) in [4.78, 5) is 5.13. The van der Waals surface area contributed by atoms with Crippen LogP contribution < -0.4 is 10.6 Å². The molecule has 0 amide bonds. The molecule has 0 radical (unpaired) electrons. The van der Waals surface area contributed by atoms with Crippen molar-refractivity contribution in [2.45, 2.75) is 50.6 Å². The van der Waals surface area contributed by atoms with E-state index in [0.29, 0.717) is 43.9 Å². The van der Waals surface area contributed by atoms with Crippen molar-refractivity contribution >= 4 is 39.9 Å². The van der Waals surface area contributed by atoms with Crippen molar-refractivity contribution in [3.63, 3.8) is 0 Å². The molecule has 34 heavy (non-hydrogen) atoms. The first-order valence-corrected chi connectivity index (χ1v) is 13.0. The van der Waals surface area contributed by atoms with Gasteiger partial charge < -0.3 is 10.6 Å². The first-order valence-electron chi connectivity index (χ1n) is 11.2. The number of amidine groups is 1. The summed E-state index contributed by atoms with van der Waals surface area (Å²) in [6, 6.07) is 8.50. The molecule has 2 aliphatic heterocycles. The van der Waals surface area contributed by atoms with Crippen LogP contribution in [0.5, 0.6) is 0 Å². The number of halogens is 3. The van der Waals surface area contributed by atoms with E-state index in [9.17, 15) is 12.8 Å². The van der Waals surface area contributed by atoms with Gasteiger partial charge in [0, 0.05) is 26.2 Å². The van der Waals surface area contributed by atoms with Crippen LogP contribution in [0.3, 0.4) is 0 Å². The fourth-order valence-electron chi connectivity index (χ4n) is 4.98. The number of aliphatic imine (C=N–C) groups is 1. The Morgan fingerprint density at radius 1 is 1.15 bits per heavy atom. The highest BCUT2D eigenvalue weighted by Gasteiger charge is 2.43. The Labute approximate surface area is 212 Å². The van der Waals surface area contributed by atoms with E-state index in [1.54, 1.807) is 16.4 Å². The molecule has 1 fully saturated rings. The predicted octanol–water partition coefficient (Wildman–Crippen LogP) is 4.14. The number of aryl methyl sites for hydroxylation is 3. The van der Waals surface area contributed by atoms with Crippen LogP contribution in [-0.4, -0.2) is 50.3 Å². The number of benzene rings is 2. The molecule has 0 aliphatic carbocycles. The van der Waals surface area contributed by atoms with Crippen molar-refractivity contribution in [2.75, 3.05) is 26.2 Å². The fraction of sp³-hybridized carbons (Fsp3) is 0.458. The first kappa shape index (κ1) is 26.9. The molecule has 0 saturated carbocycles. The lowest BCUT2D eigenvalue weighted by molar-refractivity contribution is 0.241. The number of hydrogen-bond acceptors (Lipinski definition) is 5. The molecule has 0 aromatic heterocycles. The normalized spacial score (nSPS) is 18.3. The van der Waals surface area contributed by atoms with Crippen molar-refractivity contribution in [2.24, 2.45) is 4.99 Å². The van der Waals surface area contributed by atoms with Gasteiger partial charge in [0.2, 0.25) is 10.0 Å². The predicted molar refractivity (Wildman–Crippen MR) is 137 cm³/mol. The third-order valence-electron chi connectivity index (χ3n) is 6.52. The maximum atomic E-state index is 13.5. The molecule has 10 heteroatoms. The Hall–Kier alpha value is -1.71. The zero-order chi connectivity index (χ0) is 23.8. The quantitative estimate of drug-likeness (QED) is 0.625. The number of hydrogen-bond donors (Lipinski definition) is 2. The summed E-state index contributed by atoms with van der Waals surface area (Å²) in [6.45, 7) is 8.37. The molecule has 2 heterocycles. The van der Waals surface area contributed by atoms with Gasteiger partial charge in [-0.3, -0.25) is 4.99 Å². The van der Waals surface area contributed by atoms with Gasteiger partial charge >= 0.3 is 0 Å². The lowest BCUT2D eigenvalue weighted by Crippen LogP contribution is -2.64. The largest absolute Gasteiger partial charge is 0.368 e. The molecule has 186 valence electrons. The van der Waals surface area contributed by atoms with E-state index in [1.165, 1.54) is 6.07 Å². The first-order chi connectivity index (χ1) is 15.6. The molecule has 1 spiro atoms. The second kappa shape index (κ2) is 10.5. The summed E-state index contributed by atoms with van der Waals surface area (Å²) >= 11 is 5.91. The van der Waals surface area contributed by atoms with Crippen LogP contribution in [0.15, 0.2) is 40.2 Å². The second-order valence-electron chi connectivity index (χ2n) is 8.97. The maximum Gasteiger partial charge on any atom is 0.243 e. The molecule has 0 atom stereocenters. The second-order valence-corrected chi connectivity index (χ2v) is 11.3. The average molecular weight is 530 g/mol. The third-order valence-corrected chi connectivity index (χ3v) is 9.02. The van der Waals surface area contributed by atoms with Crippen LogP contribution in [0.4, 0.5) is 4.39 Å². The van der Waals surface area contributed by atoms with E-state index in [2.05, 4.69) is 10.6 Å². The zero-order valence-electron chi connectivity index (χ0n) is 19.6. The smallest absolute Gasteiger partial charge is 0.243 e. The molecule has 2 N–H and O–H groups in total. The summed E-state index contributed by atoms with van der Waals surface area (Å²) in [5, 5.41) is 7.07. The highest BCUT2D eigenvalue weighted by Crippen LogP contribution is 2.31. The highest BCUT2D eigenvalue weighted by atomic mass is 35.5. The summed E-state index contributed by atoms with van der Waals surface area (Å²) in [6.07, 6.45) is 1.23. The van der Waals surface area contributed by atoms with E-state index >= 15 is 0 Å². The molecule has 6 nitrogen and oxygen atoms in total. The van der Waals surface area contributed by atoms with Crippen molar-refractivity contribution in [1.29, 1.82) is 0 Å². The van der Waals surface area contributed by atoms with Crippen LogP contribution in [0.25, 0.3) is 0 Å².